The molecule has 2 rings (SSSR count). The van der Waals surface area contributed by atoms with Gasteiger partial charge < -0.3 is 10.6 Å². The number of nitrogen functional groups attached to an aromatic ring is 1. The first-order chi connectivity index (χ1) is 9.31. The molecule has 0 aliphatic carbocycles. The van der Waals surface area contributed by atoms with Gasteiger partial charge in [-0.2, -0.15) is 0 Å². The minimum Gasteiger partial charge on any atom is -0.396 e. The van der Waals surface area contributed by atoms with E-state index >= 15 is 0 Å². The van der Waals surface area contributed by atoms with Crippen molar-refractivity contribution in [2.45, 2.75) is 13.8 Å². The number of carbonyl (C=O) groups excluding carboxylic acids is 1. The molecule has 2 unspecified atom stereocenters. The Morgan fingerprint density at radius 3 is 2.45 bits per heavy atom. The molecule has 1 aromatic rings. The summed E-state index contributed by atoms with van der Waals surface area (Å²) in [6.07, 6.45) is 0. The Morgan fingerprint density at radius 1 is 1.40 bits per heavy atom. The van der Waals surface area contributed by atoms with Crippen LogP contribution in [0.25, 0.3) is 0 Å². The number of nitrogens with zero attached hydrogens (tertiary/aromatic N) is 2. The van der Waals surface area contributed by atoms with Crippen LogP contribution in [0.1, 0.15) is 24.2 Å². The number of nitro groups is 1. The van der Waals surface area contributed by atoms with Crippen molar-refractivity contribution < 1.29 is 14.1 Å². The van der Waals surface area contributed by atoms with Crippen molar-refractivity contribution in [2.24, 2.45) is 11.8 Å². The van der Waals surface area contributed by atoms with Crippen LogP contribution in [-0.4, -0.2) is 28.8 Å². The van der Waals surface area contributed by atoms with Crippen LogP contribution in [0.3, 0.4) is 0 Å². The molecule has 6 nitrogen and oxygen atoms in total. The Hall–Kier alpha value is -2.18. The highest BCUT2D eigenvalue weighted by atomic mass is 19.1. The van der Waals surface area contributed by atoms with Gasteiger partial charge in [-0.3, -0.25) is 14.9 Å². The maximum atomic E-state index is 13.3. The molecule has 20 heavy (non-hydrogen) atoms. The Morgan fingerprint density at radius 2 is 1.95 bits per heavy atom. The topological polar surface area (TPSA) is 89.5 Å². The summed E-state index contributed by atoms with van der Waals surface area (Å²) in [6.45, 7) is 5.11. The second-order valence-electron chi connectivity index (χ2n) is 5.31. The van der Waals surface area contributed by atoms with Crippen LogP contribution in [0.4, 0.5) is 15.8 Å². The fraction of sp³-hybridized carbons (Fsp3) is 0.462. The zero-order valence-corrected chi connectivity index (χ0v) is 11.3. The summed E-state index contributed by atoms with van der Waals surface area (Å²) in [5, 5.41) is 11.0. The molecule has 1 fully saturated rings. The van der Waals surface area contributed by atoms with E-state index in [4.69, 9.17) is 5.73 Å². The molecule has 7 heteroatoms. The fourth-order valence-electron chi connectivity index (χ4n) is 2.37. The molecular formula is C13H16FN3O3. The number of hydrogen-bond acceptors (Lipinski definition) is 4. The summed E-state index contributed by atoms with van der Waals surface area (Å²) in [5.74, 6) is -0.706. The molecule has 2 N–H and O–H groups in total. The molecule has 0 radical (unpaired) electrons. The predicted molar refractivity (Wildman–Crippen MR) is 71.7 cm³/mol. The zero-order chi connectivity index (χ0) is 15.0. The molecule has 1 aliphatic heterocycles. The van der Waals surface area contributed by atoms with E-state index in [1.54, 1.807) is 4.90 Å². The number of carbonyl (C=O) groups is 1. The number of rotatable bonds is 2. The third-order valence-electron chi connectivity index (χ3n) is 3.82. The first-order valence-electron chi connectivity index (χ1n) is 6.34. The highest BCUT2D eigenvalue weighted by Gasteiger charge is 2.33. The summed E-state index contributed by atoms with van der Waals surface area (Å²) in [5.41, 5.74) is 4.44. The number of anilines is 1. The SMILES string of the molecule is CC1CN(C(=O)c2cc(N)c(F)cc2[N+](=O)[O-])CC1C. The highest BCUT2D eigenvalue weighted by molar-refractivity contribution is 5.99. The lowest BCUT2D eigenvalue weighted by Gasteiger charge is -2.16. The van der Waals surface area contributed by atoms with Gasteiger partial charge >= 0.3 is 0 Å². The average Bonchev–Trinajstić information content (AvgIpc) is 2.71. The van der Waals surface area contributed by atoms with Crippen molar-refractivity contribution in [1.82, 2.24) is 4.90 Å². The van der Waals surface area contributed by atoms with Gasteiger partial charge in [-0.15, -0.1) is 0 Å². The first-order valence-corrected chi connectivity index (χ1v) is 6.34. The van der Waals surface area contributed by atoms with Gasteiger partial charge in [-0.25, -0.2) is 4.39 Å². The van der Waals surface area contributed by atoms with E-state index in [-0.39, 0.29) is 11.3 Å². The smallest absolute Gasteiger partial charge is 0.285 e. The van der Waals surface area contributed by atoms with E-state index in [0.29, 0.717) is 31.0 Å². The molecule has 1 aliphatic rings. The van der Waals surface area contributed by atoms with Gasteiger partial charge in [0.25, 0.3) is 11.6 Å². The summed E-state index contributed by atoms with van der Waals surface area (Å²) in [4.78, 5) is 24.1. The fourth-order valence-corrected chi connectivity index (χ4v) is 2.37. The Balaban J connectivity index is 2.39. The van der Waals surface area contributed by atoms with Gasteiger partial charge in [-0.05, 0) is 17.9 Å². The number of hydrogen-bond donors (Lipinski definition) is 1. The van der Waals surface area contributed by atoms with E-state index in [1.807, 2.05) is 13.8 Å². The van der Waals surface area contributed by atoms with Crippen molar-refractivity contribution in [3.8, 4) is 0 Å². The molecule has 0 saturated carbocycles. The lowest BCUT2D eigenvalue weighted by Crippen LogP contribution is -2.29. The van der Waals surface area contributed by atoms with Crippen LogP contribution < -0.4 is 5.73 Å². The zero-order valence-electron chi connectivity index (χ0n) is 11.3. The first kappa shape index (κ1) is 14.2. The van der Waals surface area contributed by atoms with Crippen molar-refractivity contribution in [2.75, 3.05) is 18.8 Å². The standard InChI is InChI=1S/C13H16FN3O3/c1-7-5-16(6-8(7)2)13(18)9-3-11(15)10(14)4-12(9)17(19)20/h3-4,7-8H,5-6,15H2,1-2H3. The molecule has 2 atom stereocenters. The van der Waals surface area contributed by atoms with E-state index in [2.05, 4.69) is 0 Å². The van der Waals surface area contributed by atoms with Gasteiger partial charge in [0.2, 0.25) is 0 Å². The normalized spacial score (nSPS) is 22.1. The summed E-state index contributed by atoms with van der Waals surface area (Å²) < 4.78 is 13.3. The lowest BCUT2D eigenvalue weighted by atomic mass is 10.0. The third kappa shape index (κ3) is 2.43. The number of benzene rings is 1. The molecule has 0 aromatic heterocycles. The molecule has 0 spiro atoms. The molecule has 1 aromatic carbocycles. The summed E-state index contributed by atoms with van der Waals surface area (Å²) >= 11 is 0. The molecule has 1 saturated heterocycles. The number of halogens is 1. The van der Waals surface area contributed by atoms with E-state index < -0.39 is 22.3 Å². The van der Waals surface area contributed by atoms with Gasteiger partial charge in [-0.1, -0.05) is 13.8 Å². The Labute approximate surface area is 115 Å². The molecule has 0 bridgehead atoms. The third-order valence-corrected chi connectivity index (χ3v) is 3.82. The molecular weight excluding hydrogens is 265 g/mol. The monoisotopic (exact) mass is 281 g/mol. The van der Waals surface area contributed by atoms with Gasteiger partial charge in [0.05, 0.1) is 16.7 Å². The van der Waals surface area contributed by atoms with Crippen molar-refractivity contribution in [3.63, 3.8) is 0 Å². The van der Waals surface area contributed by atoms with E-state index in [9.17, 15) is 19.3 Å². The van der Waals surface area contributed by atoms with Crippen LogP contribution in [0.5, 0.6) is 0 Å². The largest absolute Gasteiger partial charge is 0.396 e. The molecule has 1 heterocycles. The average molecular weight is 281 g/mol. The van der Waals surface area contributed by atoms with Gasteiger partial charge in [0.15, 0.2) is 5.82 Å². The second kappa shape index (κ2) is 5.07. The Bertz CT molecular complexity index is 566. The van der Waals surface area contributed by atoms with Crippen molar-refractivity contribution >= 4 is 17.3 Å². The van der Waals surface area contributed by atoms with E-state index in [1.165, 1.54) is 0 Å². The maximum absolute atomic E-state index is 13.3. The van der Waals surface area contributed by atoms with Crippen LogP contribution in [-0.2, 0) is 0 Å². The maximum Gasteiger partial charge on any atom is 0.285 e. The minimum absolute atomic E-state index is 0.157. The number of amides is 1. The van der Waals surface area contributed by atoms with Crippen LogP contribution in [0, 0.1) is 27.8 Å². The van der Waals surface area contributed by atoms with Crippen molar-refractivity contribution in [3.05, 3.63) is 33.6 Å². The van der Waals surface area contributed by atoms with Crippen LogP contribution in [0.2, 0.25) is 0 Å². The van der Waals surface area contributed by atoms with Gasteiger partial charge in [0, 0.05) is 13.1 Å². The molecule has 108 valence electrons. The second-order valence-corrected chi connectivity index (χ2v) is 5.31. The number of likely N-dealkylation sites (tertiary alicyclic amines) is 1. The lowest BCUT2D eigenvalue weighted by molar-refractivity contribution is -0.385. The molecule has 1 amide bonds. The predicted octanol–water partition coefficient (Wildman–Crippen LogP) is 2.04. The van der Waals surface area contributed by atoms with E-state index in [0.717, 1.165) is 6.07 Å². The highest BCUT2D eigenvalue weighted by Crippen LogP contribution is 2.29. The minimum atomic E-state index is -0.892. The van der Waals surface area contributed by atoms with Crippen LogP contribution >= 0.6 is 0 Å². The van der Waals surface area contributed by atoms with Crippen molar-refractivity contribution in [1.29, 1.82) is 0 Å². The van der Waals surface area contributed by atoms with Gasteiger partial charge in [0.1, 0.15) is 5.56 Å². The van der Waals surface area contributed by atoms with Crippen LogP contribution in [0.15, 0.2) is 12.1 Å². The number of nitro benzene ring substituents is 1. The summed E-state index contributed by atoms with van der Waals surface area (Å²) in [6, 6.07) is 1.74. The number of nitrogens with two attached hydrogens (primary N) is 1. The summed E-state index contributed by atoms with van der Waals surface area (Å²) in [7, 11) is 0. The Kier molecular flexibility index (Phi) is 3.61. The quantitative estimate of drug-likeness (QED) is 0.510.